The van der Waals surface area contributed by atoms with Crippen LogP contribution in [0.15, 0.2) is 30.3 Å². The number of benzene rings is 1. The van der Waals surface area contributed by atoms with Crippen molar-refractivity contribution in [2.45, 2.75) is 26.7 Å². The van der Waals surface area contributed by atoms with E-state index in [0.717, 1.165) is 36.3 Å². The van der Waals surface area contributed by atoms with Gasteiger partial charge in [0, 0.05) is 17.9 Å². The lowest BCUT2D eigenvalue weighted by Gasteiger charge is -2.10. The Morgan fingerprint density at radius 1 is 1.14 bits per heavy atom. The molecule has 0 aliphatic heterocycles. The second-order valence-corrected chi connectivity index (χ2v) is 5.49. The third-order valence-electron chi connectivity index (χ3n) is 3.05. The number of aromatic nitrogens is 2. The predicted molar refractivity (Wildman–Crippen MR) is 90.5 cm³/mol. The molecule has 0 saturated heterocycles. The lowest BCUT2D eigenvalue weighted by Crippen LogP contribution is -2.30. The number of thiocarbonyl (C=S) groups is 1. The van der Waals surface area contributed by atoms with Gasteiger partial charge in [-0.3, -0.25) is 0 Å². The number of anilines is 1. The SMILES string of the molecule is Cc1cc(C)nc(NC(=S)NCCCc2ccc(F)cc2)n1. The Bertz CT molecular complexity index is 623. The number of nitrogens with one attached hydrogen (secondary N) is 2. The van der Waals surface area contributed by atoms with Crippen LogP contribution in [0.2, 0.25) is 0 Å². The maximum atomic E-state index is 12.8. The lowest BCUT2D eigenvalue weighted by atomic mass is 10.1. The molecule has 0 amide bonds. The van der Waals surface area contributed by atoms with Crippen molar-refractivity contribution in [2.24, 2.45) is 0 Å². The van der Waals surface area contributed by atoms with Crippen LogP contribution in [0.25, 0.3) is 0 Å². The number of aryl methyl sites for hydroxylation is 3. The van der Waals surface area contributed by atoms with Gasteiger partial charge in [-0.15, -0.1) is 0 Å². The zero-order chi connectivity index (χ0) is 15.9. The molecule has 4 nitrogen and oxygen atoms in total. The van der Waals surface area contributed by atoms with E-state index in [2.05, 4.69) is 20.6 Å². The largest absolute Gasteiger partial charge is 0.362 e. The van der Waals surface area contributed by atoms with Crippen LogP contribution in [0.5, 0.6) is 0 Å². The van der Waals surface area contributed by atoms with Crippen molar-refractivity contribution in [3.8, 4) is 0 Å². The van der Waals surface area contributed by atoms with Gasteiger partial charge in [0.05, 0.1) is 0 Å². The van der Waals surface area contributed by atoms with E-state index in [1.54, 1.807) is 12.1 Å². The van der Waals surface area contributed by atoms with Gasteiger partial charge in [-0.25, -0.2) is 14.4 Å². The van der Waals surface area contributed by atoms with E-state index in [4.69, 9.17) is 12.2 Å². The molecule has 1 aromatic carbocycles. The molecular formula is C16H19FN4S. The minimum atomic E-state index is -0.208. The molecule has 0 radical (unpaired) electrons. The highest BCUT2D eigenvalue weighted by Crippen LogP contribution is 2.05. The molecule has 0 atom stereocenters. The lowest BCUT2D eigenvalue weighted by molar-refractivity contribution is 0.626. The van der Waals surface area contributed by atoms with Gasteiger partial charge < -0.3 is 10.6 Å². The summed E-state index contributed by atoms with van der Waals surface area (Å²) in [6, 6.07) is 8.47. The molecule has 2 rings (SSSR count). The fourth-order valence-corrected chi connectivity index (χ4v) is 2.27. The fraction of sp³-hybridized carbons (Fsp3) is 0.312. The van der Waals surface area contributed by atoms with Crippen molar-refractivity contribution < 1.29 is 4.39 Å². The molecule has 1 aromatic heterocycles. The minimum absolute atomic E-state index is 0.208. The first-order valence-electron chi connectivity index (χ1n) is 7.14. The van der Waals surface area contributed by atoms with Gasteiger partial charge in [0.25, 0.3) is 0 Å². The van der Waals surface area contributed by atoms with E-state index in [1.165, 1.54) is 12.1 Å². The second kappa shape index (κ2) is 7.79. The zero-order valence-corrected chi connectivity index (χ0v) is 13.5. The first-order chi connectivity index (χ1) is 10.5. The molecule has 1 heterocycles. The van der Waals surface area contributed by atoms with Crippen LogP contribution in [0.1, 0.15) is 23.4 Å². The smallest absolute Gasteiger partial charge is 0.229 e. The molecule has 2 aromatic rings. The molecule has 2 N–H and O–H groups in total. The summed E-state index contributed by atoms with van der Waals surface area (Å²) in [6.07, 6.45) is 1.77. The number of hydrogen-bond donors (Lipinski definition) is 2. The first-order valence-corrected chi connectivity index (χ1v) is 7.55. The highest BCUT2D eigenvalue weighted by Gasteiger charge is 2.02. The molecule has 0 saturated carbocycles. The van der Waals surface area contributed by atoms with Crippen molar-refractivity contribution in [1.82, 2.24) is 15.3 Å². The van der Waals surface area contributed by atoms with Crippen LogP contribution in [0, 0.1) is 19.7 Å². The summed E-state index contributed by atoms with van der Waals surface area (Å²) < 4.78 is 12.8. The van der Waals surface area contributed by atoms with Crippen LogP contribution in [0.4, 0.5) is 10.3 Å². The van der Waals surface area contributed by atoms with Crippen LogP contribution in [-0.2, 0) is 6.42 Å². The Morgan fingerprint density at radius 3 is 2.41 bits per heavy atom. The maximum absolute atomic E-state index is 12.8. The molecule has 0 spiro atoms. The van der Waals surface area contributed by atoms with E-state index in [9.17, 15) is 4.39 Å². The topological polar surface area (TPSA) is 49.8 Å². The van der Waals surface area contributed by atoms with E-state index in [-0.39, 0.29) is 5.82 Å². The summed E-state index contributed by atoms with van der Waals surface area (Å²) in [5.41, 5.74) is 2.91. The highest BCUT2D eigenvalue weighted by molar-refractivity contribution is 7.80. The van der Waals surface area contributed by atoms with Crippen molar-refractivity contribution in [2.75, 3.05) is 11.9 Å². The molecule has 0 aliphatic carbocycles. The summed E-state index contributed by atoms with van der Waals surface area (Å²) in [5, 5.41) is 6.60. The van der Waals surface area contributed by atoms with Crippen LogP contribution >= 0.6 is 12.2 Å². The molecule has 0 aliphatic rings. The van der Waals surface area contributed by atoms with Crippen LogP contribution in [-0.4, -0.2) is 21.6 Å². The van der Waals surface area contributed by atoms with E-state index >= 15 is 0 Å². The number of nitrogens with zero attached hydrogens (tertiary/aromatic N) is 2. The summed E-state index contributed by atoms with van der Waals surface area (Å²) in [4.78, 5) is 8.55. The summed E-state index contributed by atoms with van der Waals surface area (Å²) >= 11 is 5.22. The standard InChI is InChI=1S/C16H19FN4S/c1-11-10-12(2)20-15(19-11)21-16(22)18-9-3-4-13-5-7-14(17)8-6-13/h5-8,10H,3-4,9H2,1-2H3,(H2,18,19,20,21,22). The Morgan fingerprint density at radius 2 is 1.77 bits per heavy atom. The molecule has 0 fully saturated rings. The molecular weight excluding hydrogens is 299 g/mol. The van der Waals surface area contributed by atoms with Gasteiger partial charge in [0.2, 0.25) is 5.95 Å². The predicted octanol–water partition coefficient (Wildman–Crippen LogP) is 3.15. The first kappa shape index (κ1) is 16.3. The number of hydrogen-bond acceptors (Lipinski definition) is 3. The summed E-state index contributed by atoms with van der Waals surface area (Å²) in [5.74, 6) is 0.300. The Kier molecular flexibility index (Phi) is 5.77. The van der Waals surface area contributed by atoms with Crippen molar-refractivity contribution in [1.29, 1.82) is 0 Å². The van der Waals surface area contributed by atoms with E-state index in [0.29, 0.717) is 11.1 Å². The normalized spacial score (nSPS) is 10.3. The average molecular weight is 318 g/mol. The van der Waals surface area contributed by atoms with Gasteiger partial charge in [-0.2, -0.15) is 0 Å². The van der Waals surface area contributed by atoms with Crippen molar-refractivity contribution in [3.63, 3.8) is 0 Å². The van der Waals surface area contributed by atoms with Gasteiger partial charge in [0.15, 0.2) is 5.11 Å². The van der Waals surface area contributed by atoms with Crippen LogP contribution < -0.4 is 10.6 Å². The molecule has 22 heavy (non-hydrogen) atoms. The monoisotopic (exact) mass is 318 g/mol. The van der Waals surface area contributed by atoms with Gasteiger partial charge >= 0.3 is 0 Å². The Balaban J connectivity index is 1.72. The Hall–Kier alpha value is -2.08. The zero-order valence-electron chi connectivity index (χ0n) is 12.7. The Labute approximate surface area is 135 Å². The van der Waals surface area contributed by atoms with Gasteiger partial charge in [0.1, 0.15) is 5.82 Å². The maximum Gasteiger partial charge on any atom is 0.229 e. The van der Waals surface area contributed by atoms with Crippen molar-refractivity contribution >= 4 is 23.3 Å². The van der Waals surface area contributed by atoms with Gasteiger partial charge in [-0.1, -0.05) is 12.1 Å². The third kappa shape index (κ3) is 5.37. The fourth-order valence-electron chi connectivity index (χ4n) is 2.07. The second-order valence-electron chi connectivity index (χ2n) is 5.09. The highest BCUT2D eigenvalue weighted by atomic mass is 32.1. The van der Waals surface area contributed by atoms with E-state index in [1.807, 2.05) is 19.9 Å². The van der Waals surface area contributed by atoms with Gasteiger partial charge in [-0.05, 0) is 62.7 Å². The molecule has 6 heteroatoms. The number of halogens is 1. The quantitative estimate of drug-likeness (QED) is 0.655. The van der Waals surface area contributed by atoms with E-state index < -0.39 is 0 Å². The number of rotatable bonds is 5. The summed E-state index contributed by atoms with van der Waals surface area (Å²) in [7, 11) is 0. The minimum Gasteiger partial charge on any atom is -0.362 e. The summed E-state index contributed by atoms with van der Waals surface area (Å²) in [6.45, 7) is 4.56. The van der Waals surface area contributed by atoms with Crippen LogP contribution in [0.3, 0.4) is 0 Å². The van der Waals surface area contributed by atoms with Crippen molar-refractivity contribution in [3.05, 3.63) is 53.1 Å². The third-order valence-corrected chi connectivity index (χ3v) is 3.30. The average Bonchev–Trinajstić information content (AvgIpc) is 2.44. The molecule has 0 unspecified atom stereocenters. The molecule has 0 bridgehead atoms. The molecule has 116 valence electrons.